The molecule has 5 nitrogen and oxygen atoms in total. The Morgan fingerprint density at radius 1 is 1.20 bits per heavy atom. The smallest absolute Gasteiger partial charge is 0.406 e. The van der Waals surface area contributed by atoms with E-state index in [0.717, 1.165) is 5.56 Å². The second-order valence-corrected chi connectivity index (χ2v) is 5.58. The van der Waals surface area contributed by atoms with Crippen molar-refractivity contribution in [3.05, 3.63) is 29.8 Å². The summed E-state index contributed by atoms with van der Waals surface area (Å²) >= 11 is 0. The predicted molar refractivity (Wildman–Crippen MR) is 65.9 cm³/mol. The third-order valence-electron chi connectivity index (χ3n) is 2.24. The van der Waals surface area contributed by atoms with E-state index in [1.807, 2.05) is 0 Å². The minimum Gasteiger partial charge on any atom is -0.406 e. The second kappa shape index (κ2) is 6.91. The van der Waals surface area contributed by atoms with E-state index in [1.165, 1.54) is 24.3 Å². The molecule has 0 fully saturated rings. The van der Waals surface area contributed by atoms with Crippen LogP contribution in [0.25, 0.3) is 0 Å². The van der Waals surface area contributed by atoms with Crippen molar-refractivity contribution in [2.45, 2.75) is 19.3 Å². The highest BCUT2D eigenvalue weighted by Crippen LogP contribution is 2.22. The molecule has 0 saturated heterocycles. The average Bonchev–Trinajstić information content (AvgIpc) is 2.27. The molecule has 0 saturated carbocycles. The van der Waals surface area contributed by atoms with Gasteiger partial charge in [0.2, 0.25) is 0 Å². The van der Waals surface area contributed by atoms with E-state index in [1.54, 1.807) is 0 Å². The van der Waals surface area contributed by atoms with Crippen LogP contribution in [0.4, 0.5) is 13.2 Å². The van der Waals surface area contributed by atoms with Crippen LogP contribution < -0.4 is 10.1 Å². The molecule has 0 aromatic heterocycles. The number of hydrogen-bond acceptors (Lipinski definition) is 4. The zero-order valence-corrected chi connectivity index (χ0v) is 11.2. The van der Waals surface area contributed by atoms with Gasteiger partial charge in [0.1, 0.15) is 5.75 Å². The van der Waals surface area contributed by atoms with Crippen molar-refractivity contribution in [3.8, 4) is 5.75 Å². The predicted octanol–water partition coefficient (Wildman–Crippen LogP) is 1.95. The molecule has 114 valence electrons. The van der Waals surface area contributed by atoms with Crippen molar-refractivity contribution in [1.82, 2.24) is 5.32 Å². The Morgan fingerprint density at radius 3 is 2.30 bits per heavy atom. The SMILES string of the molecule is O=S(=O)(O)CCCNCc1ccc(OC(F)(F)F)cc1. The molecule has 0 bridgehead atoms. The summed E-state index contributed by atoms with van der Waals surface area (Å²) in [5.74, 6) is -0.633. The van der Waals surface area contributed by atoms with Gasteiger partial charge in [0.05, 0.1) is 5.75 Å². The molecule has 20 heavy (non-hydrogen) atoms. The molecule has 1 rings (SSSR count). The number of nitrogens with one attached hydrogen (secondary N) is 1. The number of halogens is 3. The maximum absolute atomic E-state index is 11.9. The summed E-state index contributed by atoms with van der Waals surface area (Å²) in [7, 11) is -3.96. The molecule has 1 aromatic rings. The highest BCUT2D eigenvalue weighted by atomic mass is 32.2. The lowest BCUT2D eigenvalue weighted by molar-refractivity contribution is -0.274. The Labute approximate surface area is 114 Å². The quantitative estimate of drug-likeness (QED) is 0.594. The molecule has 0 heterocycles. The normalized spacial score (nSPS) is 12.4. The summed E-state index contributed by atoms with van der Waals surface area (Å²) in [6.45, 7) is 0.734. The molecular formula is C11H14F3NO4S. The van der Waals surface area contributed by atoms with Gasteiger partial charge >= 0.3 is 6.36 Å². The van der Waals surface area contributed by atoms with Gasteiger partial charge in [-0.1, -0.05) is 12.1 Å². The van der Waals surface area contributed by atoms with Crippen molar-refractivity contribution >= 4 is 10.1 Å². The number of ether oxygens (including phenoxy) is 1. The van der Waals surface area contributed by atoms with Crippen LogP contribution in [-0.4, -0.2) is 31.6 Å². The van der Waals surface area contributed by atoms with E-state index in [9.17, 15) is 21.6 Å². The molecule has 0 atom stereocenters. The second-order valence-electron chi connectivity index (χ2n) is 4.01. The van der Waals surface area contributed by atoms with Crippen molar-refractivity contribution in [3.63, 3.8) is 0 Å². The minimum absolute atomic E-state index is 0.244. The molecule has 0 aliphatic heterocycles. The topological polar surface area (TPSA) is 75.6 Å². The maximum atomic E-state index is 11.9. The first-order valence-corrected chi connectivity index (χ1v) is 7.27. The first-order chi connectivity index (χ1) is 9.16. The fraction of sp³-hybridized carbons (Fsp3) is 0.455. The van der Waals surface area contributed by atoms with E-state index >= 15 is 0 Å². The van der Waals surface area contributed by atoms with Crippen LogP contribution >= 0.6 is 0 Å². The van der Waals surface area contributed by atoms with E-state index in [2.05, 4.69) is 10.1 Å². The Bertz CT molecular complexity index is 513. The summed E-state index contributed by atoms with van der Waals surface area (Å²) in [4.78, 5) is 0. The molecular weight excluding hydrogens is 299 g/mol. The maximum Gasteiger partial charge on any atom is 0.573 e. The largest absolute Gasteiger partial charge is 0.573 e. The summed E-state index contributed by atoms with van der Waals surface area (Å²) in [6.07, 6.45) is -4.47. The number of hydrogen-bond donors (Lipinski definition) is 2. The zero-order valence-electron chi connectivity index (χ0n) is 10.4. The van der Waals surface area contributed by atoms with Crippen LogP contribution in [0.15, 0.2) is 24.3 Å². The van der Waals surface area contributed by atoms with Crippen LogP contribution in [0, 0.1) is 0 Å². The van der Waals surface area contributed by atoms with Gasteiger partial charge in [-0.05, 0) is 30.7 Å². The highest BCUT2D eigenvalue weighted by molar-refractivity contribution is 7.85. The standard InChI is InChI=1S/C11H14F3NO4S/c12-11(13,14)19-10-4-2-9(3-5-10)8-15-6-1-7-20(16,17)18/h2-5,15H,1,6-8H2,(H,16,17,18). The first-order valence-electron chi connectivity index (χ1n) is 5.66. The van der Waals surface area contributed by atoms with E-state index in [-0.39, 0.29) is 17.9 Å². The fourth-order valence-corrected chi connectivity index (χ4v) is 1.93. The number of benzene rings is 1. The molecule has 1 aromatic carbocycles. The monoisotopic (exact) mass is 313 g/mol. The lowest BCUT2D eigenvalue weighted by atomic mass is 10.2. The Morgan fingerprint density at radius 2 is 1.80 bits per heavy atom. The summed E-state index contributed by atoms with van der Waals surface area (Å²) in [5, 5.41) is 2.90. The van der Waals surface area contributed by atoms with Gasteiger partial charge in [0.15, 0.2) is 0 Å². The van der Waals surface area contributed by atoms with Gasteiger partial charge in [0, 0.05) is 6.54 Å². The average molecular weight is 313 g/mol. The van der Waals surface area contributed by atoms with Gasteiger partial charge in [0.25, 0.3) is 10.1 Å². The highest BCUT2D eigenvalue weighted by Gasteiger charge is 2.30. The summed E-state index contributed by atoms with van der Waals surface area (Å²) in [5.41, 5.74) is 0.728. The third-order valence-corrected chi connectivity index (χ3v) is 3.05. The Kier molecular flexibility index (Phi) is 5.78. The Hall–Kier alpha value is -1.32. The summed E-state index contributed by atoms with van der Waals surface area (Å²) in [6, 6.07) is 5.33. The molecule has 9 heteroatoms. The Balaban J connectivity index is 2.32. The van der Waals surface area contributed by atoms with Crippen molar-refractivity contribution < 1.29 is 30.9 Å². The van der Waals surface area contributed by atoms with Crippen LogP contribution in [-0.2, 0) is 16.7 Å². The molecule has 0 spiro atoms. The number of rotatable bonds is 7. The molecule has 0 aliphatic carbocycles. The summed E-state index contributed by atoms with van der Waals surface area (Å²) < 4.78 is 68.9. The van der Waals surface area contributed by atoms with Crippen molar-refractivity contribution in [2.24, 2.45) is 0 Å². The molecule has 0 radical (unpaired) electrons. The van der Waals surface area contributed by atoms with Gasteiger partial charge < -0.3 is 10.1 Å². The minimum atomic E-state index is -4.71. The van der Waals surface area contributed by atoms with Crippen molar-refractivity contribution in [2.75, 3.05) is 12.3 Å². The van der Waals surface area contributed by atoms with E-state index in [4.69, 9.17) is 4.55 Å². The van der Waals surface area contributed by atoms with Crippen LogP contribution in [0.2, 0.25) is 0 Å². The van der Waals surface area contributed by atoms with Gasteiger partial charge in [-0.3, -0.25) is 4.55 Å². The van der Waals surface area contributed by atoms with Crippen LogP contribution in [0.1, 0.15) is 12.0 Å². The molecule has 0 unspecified atom stereocenters. The van der Waals surface area contributed by atoms with Crippen molar-refractivity contribution in [1.29, 1.82) is 0 Å². The molecule has 2 N–H and O–H groups in total. The number of alkyl halides is 3. The lowest BCUT2D eigenvalue weighted by Crippen LogP contribution is -2.18. The zero-order chi connectivity index (χ0) is 15.2. The molecule has 0 aliphatic rings. The lowest BCUT2D eigenvalue weighted by Gasteiger charge is -2.09. The van der Waals surface area contributed by atoms with Crippen LogP contribution in [0.5, 0.6) is 5.75 Å². The van der Waals surface area contributed by atoms with E-state index in [0.29, 0.717) is 13.1 Å². The van der Waals surface area contributed by atoms with Gasteiger partial charge in [-0.15, -0.1) is 13.2 Å². The van der Waals surface area contributed by atoms with Gasteiger partial charge in [-0.2, -0.15) is 8.42 Å². The first kappa shape index (κ1) is 16.7. The third kappa shape index (κ3) is 7.97. The fourth-order valence-electron chi connectivity index (χ4n) is 1.42. The van der Waals surface area contributed by atoms with Crippen LogP contribution in [0.3, 0.4) is 0 Å². The van der Waals surface area contributed by atoms with Gasteiger partial charge in [-0.25, -0.2) is 0 Å². The van der Waals surface area contributed by atoms with E-state index < -0.39 is 16.5 Å². The molecule has 0 amide bonds.